The van der Waals surface area contributed by atoms with Crippen LogP contribution < -0.4 is 4.90 Å². The van der Waals surface area contributed by atoms with E-state index in [2.05, 4.69) is 43.3 Å². The molecule has 0 spiro atoms. The highest BCUT2D eigenvalue weighted by Gasteiger charge is 2.26. The van der Waals surface area contributed by atoms with Crippen molar-refractivity contribution in [3.8, 4) is 0 Å². The van der Waals surface area contributed by atoms with Crippen molar-refractivity contribution in [2.24, 2.45) is 10.2 Å². The first kappa shape index (κ1) is 16.6. The first-order valence-corrected chi connectivity index (χ1v) is 8.93. The largest absolute Gasteiger partial charge is 0.371 e. The van der Waals surface area contributed by atoms with Gasteiger partial charge in [-0.15, -0.1) is 15.3 Å². The van der Waals surface area contributed by atoms with E-state index in [-0.39, 0.29) is 0 Å². The zero-order chi connectivity index (χ0) is 17.1. The Morgan fingerprint density at radius 3 is 2.54 bits per heavy atom. The van der Waals surface area contributed by atoms with E-state index in [9.17, 15) is 0 Å². The SMILES string of the molecule is CC.Cc1nc(N=Nc2cc3c4c(c2C)CCCN4CCC3)n[nH]1. The third-order valence-corrected chi connectivity index (χ3v) is 4.62. The highest BCUT2D eigenvalue weighted by molar-refractivity contribution is 5.71. The number of rotatable bonds is 2. The Balaban J connectivity index is 0.000000815. The van der Waals surface area contributed by atoms with Gasteiger partial charge in [0, 0.05) is 18.8 Å². The summed E-state index contributed by atoms with van der Waals surface area (Å²) in [7, 11) is 0. The number of hydrogen-bond donors (Lipinski definition) is 1. The first-order valence-electron chi connectivity index (χ1n) is 8.93. The summed E-state index contributed by atoms with van der Waals surface area (Å²) in [6.07, 6.45) is 4.75. The Kier molecular flexibility index (Phi) is 4.92. The predicted octanol–water partition coefficient (Wildman–Crippen LogP) is 4.56. The molecule has 3 heterocycles. The number of azo groups is 1. The Morgan fingerprint density at radius 1 is 1.08 bits per heavy atom. The molecule has 2 aromatic rings. The molecular formula is C18H26N6. The Hall–Kier alpha value is -2.24. The van der Waals surface area contributed by atoms with Crippen molar-refractivity contribution in [2.45, 2.75) is 53.4 Å². The van der Waals surface area contributed by atoms with Gasteiger partial charge in [-0.1, -0.05) is 13.8 Å². The van der Waals surface area contributed by atoms with E-state index < -0.39 is 0 Å². The van der Waals surface area contributed by atoms with Gasteiger partial charge in [0.2, 0.25) is 0 Å². The normalized spacial score (nSPS) is 15.9. The molecular weight excluding hydrogens is 300 g/mol. The van der Waals surface area contributed by atoms with Gasteiger partial charge in [-0.25, -0.2) is 0 Å². The second-order valence-electron chi connectivity index (χ2n) is 6.12. The molecule has 0 unspecified atom stereocenters. The van der Waals surface area contributed by atoms with E-state index in [0.717, 1.165) is 24.4 Å². The molecule has 1 aromatic carbocycles. The number of H-pyrrole nitrogens is 1. The van der Waals surface area contributed by atoms with Crippen LogP contribution in [0.15, 0.2) is 16.3 Å². The van der Waals surface area contributed by atoms with Gasteiger partial charge in [-0.05, 0) is 62.3 Å². The van der Waals surface area contributed by atoms with E-state index >= 15 is 0 Å². The van der Waals surface area contributed by atoms with E-state index in [0.29, 0.717) is 5.95 Å². The van der Waals surface area contributed by atoms with Gasteiger partial charge in [0.1, 0.15) is 5.82 Å². The molecule has 0 bridgehead atoms. The van der Waals surface area contributed by atoms with Gasteiger partial charge >= 0.3 is 0 Å². The van der Waals surface area contributed by atoms with Gasteiger partial charge in [0.05, 0.1) is 5.69 Å². The smallest absolute Gasteiger partial charge is 0.287 e. The van der Waals surface area contributed by atoms with Crippen LogP contribution in [-0.4, -0.2) is 28.3 Å². The minimum atomic E-state index is 0.393. The Bertz CT molecular complexity index is 744. The van der Waals surface area contributed by atoms with Crippen LogP contribution in [0.3, 0.4) is 0 Å². The first-order chi connectivity index (χ1) is 11.7. The molecule has 1 aromatic heterocycles. The summed E-state index contributed by atoms with van der Waals surface area (Å²) in [5.74, 6) is 1.15. The number of anilines is 1. The summed E-state index contributed by atoms with van der Waals surface area (Å²) < 4.78 is 0. The van der Waals surface area contributed by atoms with Gasteiger partial charge in [0.15, 0.2) is 0 Å². The zero-order valence-electron chi connectivity index (χ0n) is 15.1. The summed E-state index contributed by atoms with van der Waals surface area (Å²) in [6.45, 7) is 10.4. The number of aromatic nitrogens is 3. The second-order valence-corrected chi connectivity index (χ2v) is 6.12. The van der Waals surface area contributed by atoms with Crippen molar-refractivity contribution in [2.75, 3.05) is 18.0 Å². The van der Waals surface area contributed by atoms with Crippen LogP contribution in [0.1, 0.15) is 49.2 Å². The fraction of sp³-hybridized carbons (Fsp3) is 0.556. The van der Waals surface area contributed by atoms with Crippen molar-refractivity contribution < 1.29 is 0 Å². The van der Waals surface area contributed by atoms with Crippen molar-refractivity contribution >= 4 is 17.3 Å². The molecule has 0 saturated heterocycles. The number of nitrogens with one attached hydrogen (secondary N) is 1. The highest BCUT2D eigenvalue weighted by Crippen LogP contribution is 2.41. The van der Waals surface area contributed by atoms with Crippen molar-refractivity contribution in [3.05, 3.63) is 28.6 Å². The molecule has 0 fully saturated rings. The third-order valence-electron chi connectivity index (χ3n) is 4.62. The fourth-order valence-corrected chi connectivity index (χ4v) is 3.58. The number of aromatic amines is 1. The average molecular weight is 326 g/mol. The molecule has 6 heteroatoms. The van der Waals surface area contributed by atoms with Gasteiger partial charge in [-0.3, -0.25) is 5.10 Å². The maximum absolute atomic E-state index is 4.42. The van der Waals surface area contributed by atoms with Crippen LogP contribution in [0, 0.1) is 13.8 Å². The van der Waals surface area contributed by atoms with Gasteiger partial charge in [0.25, 0.3) is 5.95 Å². The topological polar surface area (TPSA) is 69.5 Å². The van der Waals surface area contributed by atoms with Crippen LogP contribution in [0.4, 0.5) is 17.3 Å². The Morgan fingerprint density at radius 2 is 1.83 bits per heavy atom. The summed E-state index contributed by atoms with van der Waals surface area (Å²) in [6, 6.07) is 2.20. The van der Waals surface area contributed by atoms with Crippen LogP contribution in [0.5, 0.6) is 0 Å². The van der Waals surface area contributed by atoms with Gasteiger partial charge < -0.3 is 4.90 Å². The molecule has 128 valence electrons. The molecule has 6 nitrogen and oxygen atoms in total. The quantitative estimate of drug-likeness (QED) is 0.822. The van der Waals surface area contributed by atoms with Crippen molar-refractivity contribution in [3.63, 3.8) is 0 Å². The van der Waals surface area contributed by atoms with Crippen molar-refractivity contribution in [1.82, 2.24) is 15.2 Å². The number of hydrogen-bond acceptors (Lipinski definition) is 5. The third kappa shape index (κ3) is 3.05. The summed E-state index contributed by atoms with van der Waals surface area (Å²) in [4.78, 5) is 6.72. The van der Waals surface area contributed by atoms with Gasteiger partial charge in [-0.2, -0.15) is 4.98 Å². The minimum Gasteiger partial charge on any atom is -0.371 e. The second kappa shape index (κ2) is 7.11. The summed E-state index contributed by atoms with van der Waals surface area (Å²) >= 11 is 0. The fourth-order valence-electron chi connectivity index (χ4n) is 3.58. The maximum Gasteiger partial charge on any atom is 0.287 e. The lowest BCUT2D eigenvalue weighted by Gasteiger charge is -2.37. The van der Waals surface area contributed by atoms with Crippen LogP contribution in [0.2, 0.25) is 0 Å². The highest BCUT2D eigenvalue weighted by atomic mass is 15.3. The number of aryl methyl sites for hydroxylation is 2. The van der Waals surface area contributed by atoms with Crippen LogP contribution >= 0.6 is 0 Å². The summed E-state index contributed by atoms with van der Waals surface area (Å²) in [5, 5.41) is 15.4. The van der Waals surface area contributed by atoms with E-state index in [4.69, 9.17) is 0 Å². The lowest BCUT2D eigenvalue weighted by molar-refractivity contribution is 0.632. The van der Waals surface area contributed by atoms with Crippen LogP contribution in [0.25, 0.3) is 0 Å². The zero-order valence-corrected chi connectivity index (χ0v) is 15.1. The number of nitrogens with zero attached hydrogens (tertiary/aromatic N) is 5. The lowest BCUT2D eigenvalue weighted by Crippen LogP contribution is -2.34. The molecule has 2 aliphatic heterocycles. The van der Waals surface area contributed by atoms with E-state index in [1.165, 1.54) is 48.3 Å². The average Bonchev–Trinajstić information content (AvgIpc) is 3.04. The molecule has 24 heavy (non-hydrogen) atoms. The molecule has 1 N–H and O–H groups in total. The number of benzene rings is 1. The monoisotopic (exact) mass is 326 g/mol. The lowest BCUT2D eigenvalue weighted by atomic mass is 9.88. The van der Waals surface area contributed by atoms with Crippen LogP contribution in [-0.2, 0) is 12.8 Å². The van der Waals surface area contributed by atoms with E-state index in [1.54, 1.807) is 0 Å². The Labute approximate surface area is 143 Å². The molecule has 0 amide bonds. The molecule has 0 saturated carbocycles. The summed E-state index contributed by atoms with van der Waals surface area (Å²) in [5.41, 5.74) is 6.57. The molecule has 0 radical (unpaired) electrons. The molecule has 2 aliphatic rings. The standard InChI is InChI=1S/C16H20N6.C2H6/c1-10-13-6-4-8-22-7-3-5-12(15(13)22)9-14(10)19-21-16-17-11(2)18-20-16;1-2/h9H,3-8H2,1-2H3,(H,17,18,20);1-2H3. The minimum absolute atomic E-state index is 0.393. The molecule has 4 rings (SSSR count). The predicted molar refractivity (Wildman–Crippen MR) is 96.7 cm³/mol. The molecule has 0 atom stereocenters. The van der Waals surface area contributed by atoms with E-state index in [1.807, 2.05) is 20.8 Å². The molecule has 0 aliphatic carbocycles. The maximum atomic E-state index is 4.42. The van der Waals surface area contributed by atoms with Crippen molar-refractivity contribution in [1.29, 1.82) is 0 Å².